The number of hydrogen-bond donors (Lipinski definition) is 2. The molecule has 0 bridgehead atoms. The van der Waals surface area contributed by atoms with Gasteiger partial charge in [-0.3, -0.25) is 20.2 Å². The van der Waals surface area contributed by atoms with E-state index in [-0.39, 0.29) is 5.69 Å². The third-order valence-electron chi connectivity index (χ3n) is 2.64. The molecule has 10 nitrogen and oxygen atoms in total. The van der Waals surface area contributed by atoms with E-state index in [1.165, 1.54) is 6.92 Å². The molecule has 0 fully saturated rings. The van der Waals surface area contributed by atoms with E-state index < -0.39 is 39.3 Å². The van der Waals surface area contributed by atoms with Crippen LogP contribution in [0.2, 0.25) is 0 Å². The fourth-order valence-corrected chi connectivity index (χ4v) is 1.58. The molecule has 2 unspecified atom stereocenters. The van der Waals surface area contributed by atoms with E-state index in [2.05, 4.69) is 10.1 Å². The van der Waals surface area contributed by atoms with Crippen molar-refractivity contribution in [3.63, 3.8) is 0 Å². The van der Waals surface area contributed by atoms with Gasteiger partial charge < -0.3 is 15.2 Å². The lowest BCUT2D eigenvalue weighted by Gasteiger charge is -2.19. The molecule has 0 heterocycles. The smallest absolute Gasteiger partial charge is 0.330 e. The summed E-state index contributed by atoms with van der Waals surface area (Å²) in [5, 5.41) is 33.5. The molecule has 1 rings (SSSR count). The molecule has 0 aliphatic carbocycles. The molecule has 21 heavy (non-hydrogen) atoms. The van der Waals surface area contributed by atoms with Crippen LogP contribution in [0.5, 0.6) is 0 Å². The van der Waals surface area contributed by atoms with Crippen LogP contribution in [0.15, 0.2) is 18.2 Å². The highest BCUT2D eigenvalue weighted by Gasteiger charge is 2.28. The Kier molecular flexibility index (Phi) is 5.13. The van der Waals surface area contributed by atoms with Crippen molar-refractivity contribution >= 4 is 23.0 Å². The average Bonchev–Trinajstić information content (AvgIpc) is 2.43. The summed E-state index contributed by atoms with van der Waals surface area (Å²) in [6.45, 7) is 1.30. The van der Waals surface area contributed by atoms with Crippen molar-refractivity contribution in [2.75, 3.05) is 12.4 Å². The van der Waals surface area contributed by atoms with Crippen LogP contribution in [-0.4, -0.2) is 40.2 Å². The Morgan fingerprint density at radius 1 is 1.33 bits per heavy atom. The van der Waals surface area contributed by atoms with Gasteiger partial charge in [-0.05, 0) is 13.0 Å². The standard InChI is InChI=1S/C11H13N3O7/c1-6(15)10(11(16)21-2)12-8-4-3-7(13(17)18)5-9(8)14(19)20/h3-6,10,12,15H,1-2H3. The normalized spacial score (nSPS) is 13.1. The van der Waals surface area contributed by atoms with Crippen molar-refractivity contribution in [1.29, 1.82) is 0 Å². The van der Waals surface area contributed by atoms with Gasteiger partial charge in [0.05, 0.1) is 29.1 Å². The van der Waals surface area contributed by atoms with Crippen molar-refractivity contribution in [3.8, 4) is 0 Å². The van der Waals surface area contributed by atoms with Crippen molar-refractivity contribution in [2.45, 2.75) is 19.1 Å². The maximum Gasteiger partial charge on any atom is 0.330 e. The number of esters is 1. The van der Waals surface area contributed by atoms with Crippen LogP contribution < -0.4 is 5.32 Å². The first-order valence-electron chi connectivity index (χ1n) is 5.73. The second-order valence-corrected chi connectivity index (χ2v) is 4.10. The van der Waals surface area contributed by atoms with Crippen LogP contribution in [0.1, 0.15) is 6.92 Å². The Hall–Kier alpha value is -2.75. The first kappa shape index (κ1) is 16.3. The van der Waals surface area contributed by atoms with Gasteiger partial charge in [0.15, 0.2) is 6.04 Å². The molecule has 1 aromatic rings. The summed E-state index contributed by atoms with van der Waals surface area (Å²) in [6.07, 6.45) is -1.19. The number of carbonyl (C=O) groups is 1. The largest absolute Gasteiger partial charge is 0.467 e. The molecular weight excluding hydrogens is 286 g/mol. The molecule has 0 amide bonds. The number of nitrogens with zero attached hydrogens (tertiary/aromatic N) is 2. The van der Waals surface area contributed by atoms with Gasteiger partial charge in [-0.25, -0.2) is 4.79 Å². The molecule has 0 spiro atoms. The number of ether oxygens (including phenoxy) is 1. The molecule has 2 N–H and O–H groups in total. The topological polar surface area (TPSA) is 145 Å². The van der Waals surface area contributed by atoms with Crippen molar-refractivity contribution in [2.24, 2.45) is 0 Å². The third kappa shape index (κ3) is 3.86. The van der Waals surface area contributed by atoms with Crippen LogP contribution >= 0.6 is 0 Å². The number of non-ortho nitro benzene ring substituents is 1. The monoisotopic (exact) mass is 299 g/mol. The van der Waals surface area contributed by atoms with Gasteiger partial charge in [0.1, 0.15) is 5.69 Å². The molecule has 0 radical (unpaired) electrons. The fourth-order valence-electron chi connectivity index (χ4n) is 1.58. The van der Waals surface area contributed by atoms with Crippen molar-refractivity contribution in [1.82, 2.24) is 0 Å². The van der Waals surface area contributed by atoms with E-state index in [1.807, 2.05) is 0 Å². The lowest BCUT2D eigenvalue weighted by Crippen LogP contribution is -2.40. The number of aliphatic hydroxyl groups is 1. The Bertz CT molecular complexity index is 573. The Labute approximate surface area is 118 Å². The lowest BCUT2D eigenvalue weighted by atomic mass is 10.1. The van der Waals surface area contributed by atoms with E-state index in [0.717, 1.165) is 25.3 Å². The maximum absolute atomic E-state index is 11.5. The highest BCUT2D eigenvalue weighted by Crippen LogP contribution is 2.29. The minimum absolute atomic E-state index is 0.137. The third-order valence-corrected chi connectivity index (χ3v) is 2.64. The maximum atomic E-state index is 11.5. The van der Waals surface area contributed by atoms with E-state index in [1.54, 1.807) is 0 Å². The molecule has 0 aromatic heterocycles. The minimum atomic E-state index is -1.24. The van der Waals surface area contributed by atoms with Gasteiger partial charge in [-0.1, -0.05) is 0 Å². The van der Waals surface area contributed by atoms with E-state index in [4.69, 9.17) is 0 Å². The molecule has 10 heteroatoms. The molecule has 0 saturated heterocycles. The summed E-state index contributed by atoms with van der Waals surface area (Å²) >= 11 is 0. The number of rotatable bonds is 6. The van der Waals surface area contributed by atoms with E-state index in [0.29, 0.717) is 0 Å². The summed E-state index contributed by atoms with van der Waals surface area (Å²) in [4.78, 5) is 31.5. The summed E-state index contributed by atoms with van der Waals surface area (Å²) < 4.78 is 4.47. The zero-order valence-corrected chi connectivity index (χ0v) is 11.2. The first-order chi connectivity index (χ1) is 9.77. The quantitative estimate of drug-likeness (QED) is 0.446. The lowest BCUT2D eigenvalue weighted by molar-refractivity contribution is -0.393. The molecule has 114 valence electrons. The van der Waals surface area contributed by atoms with Crippen LogP contribution in [0.4, 0.5) is 17.1 Å². The van der Waals surface area contributed by atoms with E-state index in [9.17, 15) is 30.1 Å². The molecule has 0 aliphatic heterocycles. The molecule has 2 atom stereocenters. The number of anilines is 1. The predicted molar refractivity (Wildman–Crippen MR) is 70.9 cm³/mol. The van der Waals surface area contributed by atoms with E-state index >= 15 is 0 Å². The highest BCUT2D eigenvalue weighted by atomic mass is 16.6. The Morgan fingerprint density at radius 3 is 2.38 bits per heavy atom. The molecule has 0 aliphatic rings. The number of nitro benzene ring substituents is 2. The zero-order valence-electron chi connectivity index (χ0n) is 11.2. The molecule has 1 aromatic carbocycles. The summed E-state index contributed by atoms with van der Waals surface area (Å²) in [7, 11) is 1.10. The second kappa shape index (κ2) is 6.61. The number of benzene rings is 1. The molecular formula is C11H13N3O7. The fraction of sp³-hybridized carbons (Fsp3) is 0.364. The van der Waals surface area contributed by atoms with Gasteiger partial charge in [-0.2, -0.15) is 0 Å². The summed E-state index contributed by atoms with van der Waals surface area (Å²) in [6, 6.07) is 1.66. The van der Waals surface area contributed by atoms with Crippen LogP contribution in [0, 0.1) is 20.2 Å². The summed E-state index contributed by atoms with van der Waals surface area (Å²) in [5.41, 5.74) is -1.18. The van der Waals surface area contributed by atoms with Crippen molar-refractivity contribution in [3.05, 3.63) is 38.4 Å². The van der Waals surface area contributed by atoms with Gasteiger partial charge in [-0.15, -0.1) is 0 Å². The van der Waals surface area contributed by atoms with Crippen molar-refractivity contribution < 1.29 is 24.5 Å². The number of methoxy groups -OCH3 is 1. The van der Waals surface area contributed by atoms with Gasteiger partial charge in [0.2, 0.25) is 0 Å². The first-order valence-corrected chi connectivity index (χ1v) is 5.73. The Morgan fingerprint density at radius 2 is 1.95 bits per heavy atom. The van der Waals surface area contributed by atoms with Crippen LogP contribution in [0.3, 0.4) is 0 Å². The van der Waals surface area contributed by atoms with Gasteiger partial charge in [0.25, 0.3) is 11.4 Å². The summed E-state index contributed by atoms with van der Waals surface area (Å²) in [5.74, 6) is -0.822. The SMILES string of the molecule is COC(=O)C(Nc1ccc([N+](=O)[O-])cc1[N+](=O)[O-])C(C)O. The number of aliphatic hydroxyl groups excluding tert-OH is 1. The number of nitrogens with one attached hydrogen (secondary N) is 1. The predicted octanol–water partition coefficient (Wildman–Crippen LogP) is 0.837. The van der Waals surface area contributed by atoms with Crippen LogP contribution in [-0.2, 0) is 9.53 Å². The average molecular weight is 299 g/mol. The minimum Gasteiger partial charge on any atom is -0.467 e. The molecule has 0 saturated carbocycles. The van der Waals surface area contributed by atoms with Crippen LogP contribution in [0.25, 0.3) is 0 Å². The second-order valence-electron chi connectivity index (χ2n) is 4.10. The highest BCUT2D eigenvalue weighted by molar-refractivity contribution is 5.81. The van der Waals surface area contributed by atoms with Gasteiger partial charge >= 0.3 is 5.97 Å². The van der Waals surface area contributed by atoms with Gasteiger partial charge in [0, 0.05) is 6.07 Å². The Balaban J connectivity index is 3.20. The number of nitro groups is 2. The number of carbonyl (C=O) groups excluding carboxylic acids is 1. The number of hydrogen-bond acceptors (Lipinski definition) is 8. The zero-order chi connectivity index (χ0) is 16.2.